The van der Waals surface area contributed by atoms with E-state index in [1.54, 1.807) is 0 Å². The van der Waals surface area contributed by atoms with Gasteiger partial charge >= 0.3 is 8.80 Å². The lowest BCUT2D eigenvalue weighted by Crippen LogP contribution is -2.37. The Morgan fingerprint density at radius 1 is 1.09 bits per heavy atom. The number of hydrogen-bond donors (Lipinski definition) is 0. The fourth-order valence-electron chi connectivity index (χ4n) is 0.545. The van der Waals surface area contributed by atoms with Crippen LogP contribution in [0.25, 0.3) is 0 Å². The van der Waals surface area contributed by atoms with Gasteiger partial charge in [-0.1, -0.05) is 13.3 Å². The number of unbranched alkanes of at least 4 members (excludes halogenated alkanes) is 1. The molecule has 0 atom stereocenters. The van der Waals surface area contributed by atoms with Crippen molar-refractivity contribution in [2.75, 3.05) is 0 Å². The van der Waals surface area contributed by atoms with Crippen molar-refractivity contribution in [2.24, 2.45) is 0 Å². The van der Waals surface area contributed by atoms with Gasteiger partial charge in [0, 0.05) is 6.04 Å². The van der Waals surface area contributed by atoms with Crippen LogP contribution < -0.4 is 0 Å². The molecule has 68 valence electrons. The summed E-state index contributed by atoms with van der Waals surface area (Å²) in [6, 6.07) is 0.514. The van der Waals surface area contributed by atoms with Gasteiger partial charge in [0.15, 0.2) is 0 Å². The van der Waals surface area contributed by atoms with Crippen LogP contribution in [0, 0.1) is 0 Å². The maximum absolute atomic E-state index is 5.10. The Bertz CT molecular complexity index is 92.3. The summed E-state index contributed by atoms with van der Waals surface area (Å²) in [5, 5.41) is 0. The van der Waals surface area contributed by atoms with Crippen molar-refractivity contribution in [3.05, 3.63) is 0 Å². The van der Waals surface area contributed by atoms with Gasteiger partial charge in [-0.25, -0.2) is 0 Å². The largest absolute Gasteiger partial charge is 0.550 e. The first-order valence-electron chi connectivity index (χ1n) is 3.14. The van der Waals surface area contributed by atoms with Crippen molar-refractivity contribution in [2.45, 2.75) is 25.8 Å². The molecule has 11 heavy (non-hydrogen) atoms. The Hall–Kier alpha value is 0.967. The molecule has 0 aromatic heterocycles. The molecule has 0 rings (SSSR count). The van der Waals surface area contributed by atoms with Gasteiger partial charge in [0.1, 0.15) is 0 Å². The third kappa shape index (κ3) is 3.94. The number of hydrogen-bond acceptors (Lipinski definition) is 3. The molecule has 0 heterocycles. The van der Waals surface area contributed by atoms with Crippen molar-refractivity contribution >= 4 is 44.4 Å². The van der Waals surface area contributed by atoms with Crippen LogP contribution >= 0.6 is 35.6 Å². The molecule has 7 heteroatoms. The van der Waals surface area contributed by atoms with Gasteiger partial charge in [-0.3, -0.25) is 11.9 Å². The third-order valence-corrected chi connectivity index (χ3v) is 4.98. The first-order valence-corrected chi connectivity index (χ1v) is 5.99. The lowest BCUT2D eigenvalue weighted by Gasteiger charge is -2.17. The van der Waals surface area contributed by atoms with Crippen molar-refractivity contribution in [3.8, 4) is 0 Å². The second kappa shape index (κ2) is 6.48. The Morgan fingerprint density at radius 2 is 1.55 bits per heavy atom. The number of rotatable bonds is 6. The predicted molar refractivity (Wildman–Crippen MR) is 46.3 cm³/mol. The lowest BCUT2D eigenvalue weighted by atomic mass is 10.4. The van der Waals surface area contributed by atoms with Gasteiger partial charge in [-0.2, -0.15) is 0 Å². The normalized spacial score (nSPS) is 12.0. The summed E-state index contributed by atoms with van der Waals surface area (Å²) in [5.74, 6) is 0. The highest BCUT2D eigenvalue weighted by molar-refractivity contribution is 6.70. The minimum atomic E-state index is -2.94. The maximum Gasteiger partial charge on any atom is 0.550 e. The van der Waals surface area contributed by atoms with Crippen LogP contribution in [0.4, 0.5) is 0 Å². The summed E-state index contributed by atoms with van der Waals surface area (Å²) in [6.45, 7) is 2.01. The summed E-state index contributed by atoms with van der Waals surface area (Å²) in [5.41, 5.74) is 0. The molecule has 3 nitrogen and oxygen atoms in total. The van der Waals surface area contributed by atoms with Crippen LogP contribution in [0.1, 0.15) is 19.8 Å². The monoisotopic (exact) mass is 238 g/mol. The van der Waals surface area contributed by atoms with E-state index in [2.05, 4.69) is 11.9 Å². The van der Waals surface area contributed by atoms with Crippen LogP contribution in [0.3, 0.4) is 0 Å². The highest BCUT2D eigenvalue weighted by Crippen LogP contribution is 2.22. The van der Waals surface area contributed by atoms with E-state index < -0.39 is 8.80 Å². The highest BCUT2D eigenvalue weighted by Gasteiger charge is 2.42. The first kappa shape index (κ1) is 12.0. The molecule has 0 aliphatic heterocycles. The summed E-state index contributed by atoms with van der Waals surface area (Å²) >= 11 is 15.3. The molecule has 0 N–H and O–H groups in total. The molecule has 0 fully saturated rings. The molecule has 0 amide bonds. The van der Waals surface area contributed by atoms with Crippen LogP contribution in [0.2, 0.25) is 6.04 Å². The minimum Gasteiger partial charge on any atom is -0.265 e. The third-order valence-electron chi connectivity index (χ3n) is 1.19. The van der Waals surface area contributed by atoms with Crippen LogP contribution in [0.15, 0.2) is 0 Å². The van der Waals surface area contributed by atoms with E-state index in [4.69, 9.17) is 35.6 Å². The standard InChI is InChI=1S/C4H9Cl3O3Si/c1-2-3-4-11(8-5,9-6)10-7/h2-4H2,1H3. The van der Waals surface area contributed by atoms with Gasteiger partial charge in [0.2, 0.25) is 0 Å². The van der Waals surface area contributed by atoms with E-state index in [9.17, 15) is 0 Å². The van der Waals surface area contributed by atoms with E-state index in [-0.39, 0.29) is 0 Å². The maximum atomic E-state index is 5.10. The van der Waals surface area contributed by atoms with E-state index in [0.29, 0.717) is 6.04 Å². The molecular formula is C4H9Cl3O3Si. The van der Waals surface area contributed by atoms with Crippen LogP contribution in [0.5, 0.6) is 0 Å². The second-order valence-electron chi connectivity index (χ2n) is 2.02. The first-order chi connectivity index (χ1) is 5.24. The zero-order chi connectivity index (χ0) is 8.74. The Morgan fingerprint density at radius 3 is 1.82 bits per heavy atom. The minimum absolute atomic E-state index is 0.514. The molecule has 0 aliphatic carbocycles. The fourth-order valence-corrected chi connectivity index (χ4v) is 3.19. The van der Waals surface area contributed by atoms with Gasteiger partial charge in [0.05, 0.1) is 35.6 Å². The molecule has 0 aromatic carbocycles. The van der Waals surface area contributed by atoms with E-state index in [0.717, 1.165) is 12.8 Å². The molecule has 0 unspecified atom stereocenters. The molecular weight excluding hydrogens is 230 g/mol. The average molecular weight is 240 g/mol. The molecule has 0 radical (unpaired) electrons. The van der Waals surface area contributed by atoms with Crippen LogP contribution in [-0.2, 0) is 11.9 Å². The van der Waals surface area contributed by atoms with E-state index >= 15 is 0 Å². The van der Waals surface area contributed by atoms with E-state index in [1.165, 1.54) is 0 Å². The molecule has 0 saturated heterocycles. The lowest BCUT2D eigenvalue weighted by molar-refractivity contribution is 0.295. The summed E-state index contributed by atoms with van der Waals surface area (Å²) in [4.78, 5) is 0. The molecule has 0 saturated carbocycles. The zero-order valence-corrected chi connectivity index (χ0v) is 9.25. The van der Waals surface area contributed by atoms with E-state index in [1.807, 2.05) is 6.92 Å². The molecule has 0 aliphatic rings. The molecule has 0 spiro atoms. The van der Waals surface area contributed by atoms with Crippen molar-refractivity contribution < 1.29 is 11.9 Å². The smallest absolute Gasteiger partial charge is 0.265 e. The van der Waals surface area contributed by atoms with Crippen LogP contribution in [-0.4, -0.2) is 8.80 Å². The summed E-state index contributed by atoms with van der Waals surface area (Å²) in [6.07, 6.45) is 1.81. The zero-order valence-electron chi connectivity index (χ0n) is 5.98. The second-order valence-corrected chi connectivity index (χ2v) is 5.74. The molecule has 0 aromatic rings. The Labute approximate surface area is 82.4 Å². The topological polar surface area (TPSA) is 27.7 Å². The average Bonchev–Trinajstić information content (AvgIpc) is 2.08. The quantitative estimate of drug-likeness (QED) is 0.666. The van der Waals surface area contributed by atoms with Crippen molar-refractivity contribution in [3.63, 3.8) is 0 Å². The van der Waals surface area contributed by atoms with Gasteiger partial charge in [-0.15, -0.1) is 0 Å². The fraction of sp³-hybridized carbons (Fsp3) is 1.00. The molecule has 0 bridgehead atoms. The summed E-state index contributed by atoms with van der Waals surface area (Å²) < 4.78 is 13.3. The Kier molecular flexibility index (Phi) is 7.05. The SMILES string of the molecule is CCCC[Si](OCl)(OCl)OCl. The summed E-state index contributed by atoms with van der Waals surface area (Å²) in [7, 11) is -2.94. The highest BCUT2D eigenvalue weighted by atomic mass is 35.5. The van der Waals surface area contributed by atoms with Crippen molar-refractivity contribution in [1.82, 2.24) is 0 Å². The van der Waals surface area contributed by atoms with Gasteiger partial charge in [-0.05, 0) is 6.42 Å². The van der Waals surface area contributed by atoms with Crippen molar-refractivity contribution in [1.29, 1.82) is 0 Å². The predicted octanol–water partition coefficient (Wildman–Crippen LogP) is 3.24. The number of halogens is 3. The van der Waals surface area contributed by atoms with Gasteiger partial charge in [0.25, 0.3) is 0 Å². The Balaban J connectivity index is 3.84. The van der Waals surface area contributed by atoms with Gasteiger partial charge < -0.3 is 0 Å².